The molecule has 1 aliphatic heterocycles. The van der Waals surface area contributed by atoms with E-state index in [0.29, 0.717) is 10.5 Å². The number of benzene rings is 1. The quantitative estimate of drug-likeness (QED) is 0.934. The minimum absolute atomic E-state index is 0.0243. The summed E-state index contributed by atoms with van der Waals surface area (Å²) in [6.45, 7) is 7.53. The smallest absolute Gasteiger partial charge is 0.243 e. The highest BCUT2D eigenvalue weighted by atomic mass is 32.2. The molecule has 1 saturated heterocycles. The van der Waals surface area contributed by atoms with Crippen molar-refractivity contribution < 1.29 is 13.5 Å². The van der Waals surface area contributed by atoms with E-state index in [4.69, 9.17) is 0 Å². The van der Waals surface area contributed by atoms with Crippen molar-refractivity contribution in [1.29, 1.82) is 0 Å². The molecule has 5 heteroatoms. The standard InChI is InChI=1S/C16H25NO3S/c1-11-8-15(10-18)9-16(14(11)4)21(19,20)17-12(2)6-5-7-13(17)3/h8-9,12-13,18H,5-7,10H2,1-4H3. The first kappa shape index (κ1) is 16.5. The van der Waals surface area contributed by atoms with Crippen LogP contribution in [0.3, 0.4) is 0 Å². The largest absolute Gasteiger partial charge is 0.392 e. The van der Waals surface area contributed by atoms with Crippen LogP contribution in [0.1, 0.15) is 49.8 Å². The van der Waals surface area contributed by atoms with E-state index in [9.17, 15) is 13.5 Å². The summed E-state index contributed by atoms with van der Waals surface area (Å²) in [6, 6.07) is 3.51. The molecular formula is C16H25NO3S. The second-order valence-electron chi connectivity index (χ2n) is 6.16. The van der Waals surface area contributed by atoms with Crippen LogP contribution in [0.15, 0.2) is 17.0 Å². The van der Waals surface area contributed by atoms with Gasteiger partial charge in [0.1, 0.15) is 0 Å². The third-order valence-electron chi connectivity index (χ3n) is 4.53. The highest BCUT2D eigenvalue weighted by Gasteiger charge is 2.36. The monoisotopic (exact) mass is 311 g/mol. The SMILES string of the molecule is Cc1cc(CO)cc(S(=O)(=O)N2C(C)CCCC2C)c1C. The number of aryl methyl sites for hydroxylation is 1. The summed E-state index contributed by atoms with van der Waals surface area (Å²) in [4.78, 5) is 0.340. The Labute approximate surface area is 127 Å². The zero-order chi connectivity index (χ0) is 15.8. The van der Waals surface area contributed by atoms with Crippen LogP contribution in [-0.4, -0.2) is 29.9 Å². The molecule has 0 radical (unpaired) electrons. The van der Waals surface area contributed by atoms with Crippen molar-refractivity contribution in [3.63, 3.8) is 0 Å². The molecule has 4 nitrogen and oxygen atoms in total. The van der Waals surface area contributed by atoms with Crippen molar-refractivity contribution >= 4 is 10.0 Å². The molecule has 21 heavy (non-hydrogen) atoms. The van der Waals surface area contributed by atoms with Gasteiger partial charge >= 0.3 is 0 Å². The van der Waals surface area contributed by atoms with Crippen LogP contribution >= 0.6 is 0 Å². The van der Waals surface area contributed by atoms with Crippen LogP contribution in [0, 0.1) is 13.8 Å². The summed E-state index contributed by atoms with van der Waals surface area (Å²) in [6.07, 6.45) is 2.88. The molecule has 1 aromatic rings. The molecule has 1 heterocycles. The van der Waals surface area contributed by atoms with Gasteiger partial charge in [-0.25, -0.2) is 8.42 Å². The maximum Gasteiger partial charge on any atom is 0.243 e. The Balaban J connectivity index is 2.55. The first-order valence-electron chi connectivity index (χ1n) is 7.53. The van der Waals surface area contributed by atoms with E-state index in [-0.39, 0.29) is 18.7 Å². The predicted octanol–water partition coefficient (Wildman–Crippen LogP) is 2.75. The number of sulfonamides is 1. The Morgan fingerprint density at radius 2 is 1.76 bits per heavy atom. The van der Waals surface area contributed by atoms with Gasteiger partial charge in [0.2, 0.25) is 10.0 Å². The molecular weight excluding hydrogens is 286 g/mol. The van der Waals surface area contributed by atoms with Gasteiger partial charge in [0.05, 0.1) is 11.5 Å². The third-order valence-corrected chi connectivity index (χ3v) is 6.78. The van der Waals surface area contributed by atoms with Crippen LogP contribution in [0.4, 0.5) is 0 Å². The van der Waals surface area contributed by atoms with Crippen molar-refractivity contribution in [2.24, 2.45) is 0 Å². The van der Waals surface area contributed by atoms with Gasteiger partial charge < -0.3 is 5.11 Å². The number of piperidine rings is 1. The van der Waals surface area contributed by atoms with E-state index in [1.54, 1.807) is 10.4 Å². The summed E-state index contributed by atoms with van der Waals surface area (Å²) >= 11 is 0. The average molecular weight is 311 g/mol. The van der Waals surface area contributed by atoms with Gasteiger partial charge in [-0.2, -0.15) is 4.31 Å². The molecule has 0 aliphatic carbocycles. The van der Waals surface area contributed by atoms with Gasteiger partial charge in [-0.15, -0.1) is 0 Å². The Kier molecular flexibility index (Phi) is 4.76. The highest BCUT2D eigenvalue weighted by molar-refractivity contribution is 7.89. The van der Waals surface area contributed by atoms with E-state index in [1.165, 1.54) is 0 Å². The fourth-order valence-electron chi connectivity index (χ4n) is 3.24. The van der Waals surface area contributed by atoms with Gasteiger partial charge in [-0.1, -0.05) is 12.5 Å². The Morgan fingerprint density at radius 1 is 1.19 bits per heavy atom. The Hall–Kier alpha value is -0.910. The molecule has 0 spiro atoms. The van der Waals surface area contributed by atoms with Gasteiger partial charge in [0, 0.05) is 12.1 Å². The predicted molar refractivity (Wildman–Crippen MR) is 83.6 cm³/mol. The summed E-state index contributed by atoms with van der Waals surface area (Å²) < 4.78 is 27.8. The lowest BCUT2D eigenvalue weighted by molar-refractivity contribution is 0.204. The number of nitrogens with zero attached hydrogens (tertiary/aromatic N) is 1. The number of rotatable bonds is 3. The molecule has 2 rings (SSSR count). The van der Waals surface area contributed by atoms with Crippen LogP contribution < -0.4 is 0 Å². The zero-order valence-electron chi connectivity index (χ0n) is 13.3. The van der Waals surface area contributed by atoms with Crippen molar-refractivity contribution in [2.75, 3.05) is 0 Å². The highest BCUT2D eigenvalue weighted by Crippen LogP contribution is 2.32. The van der Waals surface area contributed by atoms with E-state index < -0.39 is 10.0 Å². The van der Waals surface area contributed by atoms with E-state index in [1.807, 2.05) is 33.8 Å². The summed E-state index contributed by atoms with van der Waals surface area (Å²) in [5.41, 5.74) is 2.32. The zero-order valence-corrected chi connectivity index (χ0v) is 14.1. The fraction of sp³-hybridized carbons (Fsp3) is 0.625. The minimum atomic E-state index is -3.52. The van der Waals surface area contributed by atoms with E-state index >= 15 is 0 Å². The summed E-state index contributed by atoms with van der Waals surface area (Å²) in [7, 11) is -3.52. The van der Waals surface area contributed by atoms with Crippen molar-refractivity contribution in [3.8, 4) is 0 Å². The van der Waals surface area contributed by atoms with E-state index in [0.717, 1.165) is 30.4 Å². The molecule has 0 amide bonds. The number of aliphatic hydroxyl groups excluding tert-OH is 1. The van der Waals surface area contributed by atoms with Crippen LogP contribution in [0.5, 0.6) is 0 Å². The molecule has 0 bridgehead atoms. The first-order valence-corrected chi connectivity index (χ1v) is 8.97. The number of hydrogen-bond donors (Lipinski definition) is 1. The maximum absolute atomic E-state index is 13.1. The second kappa shape index (κ2) is 6.07. The minimum Gasteiger partial charge on any atom is -0.392 e. The molecule has 2 atom stereocenters. The second-order valence-corrected chi connectivity index (χ2v) is 7.97. The lowest BCUT2D eigenvalue weighted by atomic mass is 10.0. The molecule has 118 valence electrons. The normalized spacial score (nSPS) is 24.2. The van der Waals surface area contributed by atoms with Gasteiger partial charge in [0.15, 0.2) is 0 Å². The molecule has 1 N–H and O–H groups in total. The molecule has 0 saturated carbocycles. The fourth-order valence-corrected chi connectivity index (χ4v) is 5.48. The van der Waals surface area contributed by atoms with Crippen LogP contribution in [0.2, 0.25) is 0 Å². The van der Waals surface area contributed by atoms with Gasteiger partial charge in [-0.05, 0) is 63.3 Å². The number of aliphatic hydroxyl groups is 1. The van der Waals surface area contributed by atoms with Crippen LogP contribution in [-0.2, 0) is 16.6 Å². The lowest BCUT2D eigenvalue weighted by Crippen LogP contribution is -2.47. The summed E-state index contributed by atoms with van der Waals surface area (Å²) in [5.74, 6) is 0. The van der Waals surface area contributed by atoms with Crippen molar-refractivity contribution in [1.82, 2.24) is 4.31 Å². The molecule has 2 unspecified atom stereocenters. The average Bonchev–Trinajstić information content (AvgIpc) is 2.41. The lowest BCUT2D eigenvalue weighted by Gasteiger charge is -2.38. The number of hydrogen-bond acceptors (Lipinski definition) is 3. The topological polar surface area (TPSA) is 57.6 Å². The van der Waals surface area contributed by atoms with E-state index in [2.05, 4.69) is 0 Å². The van der Waals surface area contributed by atoms with Crippen molar-refractivity contribution in [2.45, 2.75) is 70.5 Å². The summed E-state index contributed by atoms with van der Waals surface area (Å²) in [5, 5.41) is 9.35. The van der Waals surface area contributed by atoms with Gasteiger partial charge in [-0.3, -0.25) is 0 Å². The molecule has 1 aromatic carbocycles. The molecule has 1 aliphatic rings. The Morgan fingerprint density at radius 3 is 2.29 bits per heavy atom. The molecule has 0 aromatic heterocycles. The van der Waals surface area contributed by atoms with Gasteiger partial charge in [0.25, 0.3) is 0 Å². The first-order chi connectivity index (χ1) is 9.78. The third kappa shape index (κ3) is 3.00. The Bertz CT molecular complexity index is 615. The van der Waals surface area contributed by atoms with Crippen molar-refractivity contribution in [3.05, 3.63) is 28.8 Å². The maximum atomic E-state index is 13.1. The van der Waals surface area contributed by atoms with Crippen LogP contribution in [0.25, 0.3) is 0 Å². The molecule has 1 fully saturated rings.